The smallest absolute Gasteiger partial charge is 0.323 e. The van der Waals surface area contributed by atoms with E-state index < -0.39 is 21.2 Å². The van der Waals surface area contributed by atoms with Crippen molar-refractivity contribution in [2.24, 2.45) is 0 Å². The lowest BCUT2D eigenvalue weighted by molar-refractivity contribution is -0.136. The molecule has 0 fully saturated rings. The quantitative estimate of drug-likeness (QED) is 0.859. The highest BCUT2D eigenvalue weighted by atomic mass is 32.2. The van der Waals surface area contributed by atoms with E-state index >= 15 is 0 Å². The summed E-state index contributed by atoms with van der Waals surface area (Å²) in [5.41, 5.74) is 0. The van der Waals surface area contributed by atoms with Gasteiger partial charge in [0.1, 0.15) is 11.5 Å². The van der Waals surface area contributed by atoms with Gasteiger partial charge < -0.3 is 9.52 Å². The minimum Gasteiger partial charge on any atom is -0.480 e. The number of furan rings is 1. The average molecular weight is 289 g/mol. The third-order valence-electron chi connectivity index (χ3n) is 2.81. The molecule has 0 aliphatic rings. The first-order chi connectivity index (χ1) is 8.66. The molecule has 0 radical (unpaired) electrons. The maximum Gasteiger partial charge on any atom is 0.323 e. The van der Waals surface area contributed by atoms with Crippen molar-refractivity contribution >= 4 is 16.0 Å². The van der Waals surface area contributed by atoms with Crippen LogP contribution in [0.4, 0.5) is 0 Å². The highest BCUT2D eigenvalue weighted by molar-refractivity contribution is 7.90. The Morgan fingerprint density at radius 3 is 2.32 bits per heavy atom. The number of aryl methyl sites for hydroxylation is 1. The fourth-order valence-corrected chi connectivity index (χ4v) is 3.18. The van der Waals surface area contributed by atoms with E-state index in [1.54, 1.807) is 32.9 Å². The molecule has 1 rings (SSSR count). The van der Waals surface area contributed by atoms with E-state index in [0.717, 1.165) is 4.31 Å². The van der Waals surface area contributed by atoms with Gasteiger partial charge in [0, 0.05) is 6.04 Å². The van der Waals surface area contributed by atoms with Crippen LogP contribution in [-0.2, 0) is 21.4 Å². The molecule has 0 spiro atoms. The molecule has 7 heteroatoms. The summed E-state index contributed by atoms with van der Waals surface area (Å²) in [6.07, 6.45) is 0. The molecule has 0 saturated carbocycles. The zero-order valence-electron chi connectivity index (χ0n) is 11.5. The predicted octanol–water partition coefficient (Wildman–Crippen LogP) is 1.60. The Morgan fingerprint density at radius 1 is 1.37 bits per heavy atom. The molecule has 0 aliphatic heterocycles. The summed E-state index contributed by atoms with van der Waals surface area (Å²) in [5, 5.41) is 7.41. The third-order valence-corrected chi connectivity index (χ3v) is 5.10. The summed E-state index contributed by atoms with van der Waals surface area (Å²) in [7, 11) is -3.91. The number of carbonyl (C=O) groups is 1. The molecule has 0 amide bonds. The van der Waals surface area contributed by atoms with Gasteiger partial charge in [-0.15, -0.1) is 0 Å². The van der Waals surface area contributed by atoms with E-state index in [1.807, 2.05) is 0 Å². The van der Waals surface area contributed by atoms with E-state index in [-0.39, 0.29) is 12.6 Å². The van der Waals surface area contributed by atoms with Gasteiger partial charge in [-0.05, 0) is 39.8 Å². The summed E-state index contributed by atoms with van der Waals surface area (Å²) >= 11 is 0. The molecule has 1 atom stereocenters. The highest BCUT2D eigenvalue weighted by Crippen LogP contribution is 2.18. The second-order valence-electron chi connectivity index (χ2n) is 4.68. The van der Waals surface area contributed by atoms with Crippen LogP contribution >= 0.6 is 0 Å². The van der Waals surface area contributed by atoms with Crippen LogP contribution in [0, 0.1) is 6.92 Å². The third kappa shape index (κ3) is 3.57. The van der Waals surface area contributed by atoms with Crippen LogP contribution in [-0.4, -0.2) is 35.1 Å². The van der Waals surface area contributed by atoms with Crippen molar-refractivity contribution in [3.63, 3.8) is 0 Å². The molecule has 108 valence electrons. The predicted molar refractivity (Wildman–Crippen MR) is 70.1 cm³/mol. The van der Waals surface area contributed by atoms with Crippen molar-refractivity contribution in [2.45, 2.75) is 45.5 Å². The Labute approximate surface area is 113 Å². The Bertz CT molecular complexity index is 546. The lowest BCUT2D eigenvalue weighted by Crippen LogP contribution is -2.44. The van der Waals surface area contributed by atoms with Gasteiger partial charge in [0.2, 0.25) is 10.0 Å². The largest absolute Gasteiger partial charge is 0.480 e. The fraction of sp³-hybridized carbons (Fsp3) is 0.583. The number of carboxylic acid groups (broad SMARTS) is 1. The van der Waals surface area contributed by atoms with E-state index in [9.17, 15) is 13.2 Å². The summed E-state index contributed by atoms with van der Waals surface area (Å²) in [4.78, 5) is 10.9. The molecule has 0 bridgehead atoms. The molecular weight excluding hydrogens is 270 g/mol. The van der Waals surface area contributed by atoms with Gasteiger partial charge in [-0.1, -0.05) is 0 Å². The van der Waals surface area contributed by atoms with Crippen molar-refractivity contribution in [3.05, 3.63) is 23.7 Å². The van der Waals surface area contributed by atoms with Gasteiger partial charge in [-0.3, -0.25) is 4.79 Å². The SMILES string of the molecule is Cc1ccc(CN(C(C)C)S(=O)(=O)C(C)C(=O)O)o1. The number of aliphatic carboxylic acids is 1. The number of carboxylic acids is 1. The van der Waals surface area contributed by atoms with Gasteiger partial charge in [0.25, 0.3) is 0 Å². The maximum absolute atomic E-state index is 12.2. The van der Waals surface area contributed by atoms with Crippen molar-refractivity contribution in [3.8, 4) is 0 Å². The number of hydrogen-bond donors (Lipinski definition) is 1. The van der Waals surface area contributed by atoms with Crippen LogP contribution < -0.4 is 0 Å². The minimum atomic E-state index is -3.91. The number of rotatable bonds is 6. The molecule has 0 aromatic carbocycles. The van der Waals surface area contributed by atoms with E-state index in [2.05, 4.69) is 0 Å². The zero-order chi connectivity index (χ0) is 14.8. The lowest BCUT2D eigenvalue weighted by atomic mass is 10.3. The van der Waals surface area contributed by atoms with E-state index in [1.165, 1.54) is 6.92 Å². The van der Waals surface area contributed by atoms with Gasteiger partial charge in [-0.2, -0.15) is 4.31 Å². The summed E-state index contributed by atoms with van der Waals surface area (Å²) in [6.45, 7) is 6.35. The second kappa shape index (κ2) is 5.75. The zero-order valence-corrected chi connectivity index (χ0v) is 12.3. The van der Waals surface area contributed by atoms with Gasteiger partial charge in [-0.25, -0.2) is 8.42 Å². The van der Waals surface area contributed by atoms with Crippen molar-refractivity contribution in [1.29, 1.82) is 0 Å². The van der Waals surface area contributed by atoms with Crippen LogP contribution in [0.3, 0.4) is 0 Å². The lowest BCUT2D eigenvalue weighted by Gasteiger charge is -2.26. The Hall–Kier alpha value is -1.34. The van der Waals surface area contributed by atoms with Crippen molar-refractivity contribution in [2.75, 3.05) is 0 Å². The minimum absolute atomic E-state index is 0.0332. The summed E-state index contributed by atoms with van der Waals surface area (Å²) < 4.78 is 30.9. The first-order valence-corrected chi connectivity index (χ1v) is 7.45. The Kier molecular flexibility index (Phi) is 4.75. The molecule has 1 N–H and O–H groups in total. The van der Waals surface area contributed by atoms with Crippen molar-refractivity contribution in [1.82, 2.24) is 4.31 Å². The van der Waals surface area contributed by atoms with Gasteiger partial charge in [0.15, 0.2) is 5.25 Å². The Morgan fingerprint density at radius 2 is 1.95 bits per heavy atom. The Balaban J connectivity index is 3.04. The molecule has 0 aliphatic carbocycles. The first kappa shape index (κ1) is 15.7. The second-order valence-corrected chi connectivity index (χ2v) is 6.88. The van der Waals surface area contributed by atoms with Crippen LogP contribution in [0.25, 0.3) is 0 Å². The molecule has 1 heterocycles. The standard InChI is InChI=1S/C12H19NO5S/c1-8(2)13(7-11-6-5-9(3)18-11)19(16,17)10(4)12(14)15/h5-6,8,10H,7H2,1-4H3,(H,14,15). The molecule has 19 heavy (non-hydrogen) atoms. The molecule has 0 saturated heterocycles. The number of nitrogens with zero attached hydrogens (tertiary/aromatic N) is 1. The average Bonchev–Trinajstić information content (AvgIpc) is 2.70. The normalized spacial score (nSPS) is 14.0. The molecule has 6 nitrogen and oxygen atoms in total. The van der Waals surface area contributed by atoms with Crippen LogP contribution in [0.15, 0.2) is 16.5 Å². The van der Waals surface area contributed by atoms with E-state index in [0.29, 0.717) is 11.5 Å². The van der Waals surface area contributed by atoms with Crippen LogP contribution in [0.1, 0.15) is 32.3 Å². The summed E-state index contributed by atoms with van der Waals surface area (Å²) in [5.74, 6) is -0.184. The fourth-order valence-electron chi connectivity index (χ4n) is 1.62. The molecular formula is C12H19NO5S. The monoisotopic (exact) mass is 289 g/mol. The highest BCUT2D eigenvalue weighted by Gasteiger charge is 2.35. The maximum atomic E-state index is 12.2. The topological polar surface area (TPSA) is 87.8 Å². The molecule has 1 aromatic rings. The molecule has 1 aromatic heterocycles. The van der Waals surface area contributed by atoms with E-state index in [4.69, 9.17) is 9.52 Å². The van der Waals surface area contributed by atoms with Gasteiger partial charge >= 0.3 is 5.97 Å². The van der Waals surface area contributed by atoms with Crippen LogP contribution in [0.2, 0.25) is 0 Å². The number of sulfonamides is 1. The van der Waals surface area contributed by atoms with Crippen LogP contribution in [0.5, 0.6) is 0 Å². The first-order valence-electron chi connectivity index (χ1n) is 5.95. The summed E-state index contributed by atoms with van der Waals surface area (Å²) in [6, 6.07) is 3.07. The number of hydrogen-bond acceptors (Lipinski definition) is 4. The van der Waals surface area contributed by atoms with Gasteiger partial charge in [0.05, 0.1) is 6.54 Å². The molecule has 1 unspecified atom stereocenters. The van der Waals surface area contributed by atoms with Crippen molar-refractivity contribution < 1.29 is 22.7 Å².